The molecule has 0 unspecified atom stereocenters. The summed E-state index contributed by atoms with van der Waals surface area (Å²) in [6.07, 6.45) is -3.03. The van der Waals surface area contributed by atoms with E-state index in [4.69, 9.17) is 37.9 Å². The number of rotatable bonds is 32. The summed E-state index contributed by atoms with van der Waals surface area (Å²) in [6.45, 7) is 25.3. The van der Waals surface area contributed by atoms with Crippen molar-refractivity contribution in [2.24, 2.45) is 23.7 Å². The third-order valence-corrected chi connectivity index (χ3v) is 17.2. The molecule has 95 heavy (non-hydrogen) atoms. The topological polar surface area (TPSA) is 240 Å². The van der Waals surface area contributed by atoms with Crippen molar-refractivity contribution in [1.29, 1.82) is 0 Å². The van der Waals surface area contributed by atoms with E-state index in [0.29, 0.717) is 43.5 Å². The third-order valence-electron chi connectivity index (χ3n) is 17.2. The smallest absolute Gasteiger partial charge is 0.410 e. The highest BCUT2D eigenvalue weighted by molar-refractivity contribution is 5.93. The van der Waals surface area contributed by atoms with E-state index in [1.165, 1.54) is 56.7 Å². The van der Waals surface area contributed by atoms with Crippen molar-refractivity contribution in [3.05, 3.63) is 107 Å². The van der Waals surface area contributed by atoms with Crippen LogP contribution in [0.4, 0.5) is 4.79 Å². The van der Waals surface area contributed by atoms with Gasteiger partial charge in [-0.05, 0) is 149 Å². The number of ether oxygens (including phenoxy) is 8. The Labute approximate surface area is 563 Å². The monoisotopic (exact) mass is 1320 g/mol. The number of hydrogen-bond acceptors (Lipinski definition) is 17. The Morgan fingerprint density at radius 2 is 0.758 bits per heavy atom. The first kappa shape index (κ1) is 78.3. The minimum absolute atomic E-state index is 0.0456. The maximum absolute atomic E-state index is 15.1. The van der Waals surface area contributed by atoms with Crippen LogP contribution >= 0.6 is 0 Å². The van der Waals surface area contributed by atoms with Crippen LogP contribution in [0.3, 0.4) is 0 Å². The highest BCUT2D eigenvalue weighted by Gasteiger charge is 2.43. The fourth-order valence-electron chi connectivity index (χ4n) is 11.7. The Hall–Kier alpha value is -7.39. The van der Waals surface area contributed by atoms with Gasteiger partial charge in [-0.3, -0.25) is 19.3 Å². The van der Waals surface area contributed by atoms with Gasteiger partial charge in [0.2, 0.25) is 0 Å². The van der Waals surface area contributed by atoms with Gasteiger partial charge < -0.3 is 52.6 Å². The molecular weight excluding hydrogens is 1220 g/mol. The minimum atomic E-state index is -1.54. The maximum atomic E-state index is 15.1. The van der Waals surface area contributed by atoms with E-state index < -0.39 is 108 Å². The number of carbonyl (C=O) groups excluding carboxylic acids is 9. The summed E-state index contributed by atoms with van der Waals surface area (Å²) in [4.78, 5) is 134. The number of benzene rings is 3. The lowest BCUT2D eigenvalue weighted by Gasteiger charge is -2.34. The van der Waals surface area contributed by atoms with E-state index in [1.54, 1.807) is 45.0 Å². The van der Waals surface area contributed by atoms with Crippen molar-refractivity contribution >= 4 is 53.7 Å². The normalized spacial score (nSPS) is 16.5. The quantitative estimate of drug-likeness (QED) is 0.0417. The van der Waals surface area contributed by atoms with Gasteiger partial charge in [-0.25, -0.2) is 28.8 Å². The van der Waals surface area contributed by atoms with E-state index in [-0.39, 0.29) is 74.7 Å². The minimum Gasteiger partial charge on any atom is -0.458 e. The van der Waals surface area contributed by atoms with Crippen molar-refractivity contribution in [3.8, 4) is 0 Å². The molecule has 2 saturated heterocycles. The van der Waals surface area contributed by atoms with Gasteiger partial charge >= 0.3 is 35.9 Å². The Kier molecular flexibility index (Phi) is 30.7. The number of esters is 5. The third kappa shape index (κ3) is 24.6. The highest BCUT2D eigenvalue weighted by atomic mass is 16.6. The van der Waals surface area contributed by atoms with Crippen LogP contribution in [-0.2, 0) is 95.7 Å². The lowest BCUT2D eigenvalue weighted by Crippen LogP contribution is -2.54. The number of amides is 4. The molecule has 2 aliphatic heterocycles. The SMILES string of the molecule is CC(C)C[C@@H](C(=O)O[C@H](Cc1ccc(C2CCOCC2)cc1)C(=O)N(C)[C@@H](CC(C)C)C(=O)O[C@H](C)C(=O)N(C)[C@@H](CC(C)C)C(=O)O[C@H](Cc1ccc(C2CCOCC2)cc1)C(=O)N(C)[C@@H](CC(C)C)C(=O)O[C@H](C)C(=O)OCc1ccccc1)N(C)C(=O)OC(C)(C)C. The number of carbonyl (C=O) groups is 9. The van der Waals surface area contributed by atoms with Crippen molar-refractivity contribution < 1.29 is 81.0 Å². The van der Waals surface area contributed by atoms with E-state index in [2.05, 4.69) is 0 Å². The second-order valence-corrected chi connectivity index (χ2v) is 28.3. The van der Waals surface area contributed by atoms with Gasteiger partial charge in [0.15, 0.2) is 24.4 Å². The van der Waals surface area contributed by atoms with Crippen molar-refractivity contribution in [1.82, 2.24) is 19.6 Å². The van der Waals surface area contributed by atoms with Crippen LogP contribution < -0.4 is 0 Å². The van der Waals surface area contributed by atoms with Crippen molar-refractivity contribution in [3.63, 3.8) is 0 Å². The van der Waals surface area contributed by atoms with E-state index in [0.717, 1.165) is 47.3 Å². The number of likely N-dealkylation sites (N-methyl/N-ethyl adjacent to an activating group) is 4. The van der Waals surface area contributed by atoms with Gasteiger partial charge in [0, 0.05) is 67.5 Å². The summed E-state index contributed by atoms with van der Waals surface area (Å²) in [5.41, 5.74) is 3.38. The first-order valence-corrected chi connectivity index (χ1v) is 33.9. The lowest BCUT2D eigenvalue weighted by molar-refractivity contribution is -0.175. The predicted octanol–water partition coefficient (Wildman–Crippen LogP) is 10.6. The van der Waals surface area contributed by atoms with Crippen LogP contribution in [0.2, 0.25) is 0 Å². The molecule has 8 atom stereocenters. The zero-order valence-electron chi connectivity index (χ0n) is 59.4. The fraction of sp³-hybridized carbons (Fsp3) is 0.635. The summed E-state index contributed by atoms with van der Waals surface area (Å²) in [7, 11) is 5.64. The molecule has 2 heterocycles. The predicted molar refractivity (Wildman–Crippen MR) is 358 cm³/mol. The first-order chi connectivity index (χ1) is 44.7. The van der Waals surface area contributed by atoms with Gasteiger partial charge in [-0.15, -0.1) is 0 Å². The molecule has 3 aromatic carbocycles. The van der Waals surface area contributed by atoms with Crippen molar-refractivity contribution in [2.45, 2.75) is 227 Å². The Bertz CT molecular complexity index is 2970. The lowest BCUT2D eigenvalue weighted by atomic mass is 9.90. The largest absolute Gasteiger partial charge is 0.458 e. The molecule has 5 rings (SSSR count). The molecule has 0 aliphatic carbocycles. The molecule has 526 valence electrons. The highest BCUT2D eigenvalue weighted by Crippen LogP contribution is 2.31. The molecule has 0 radical (unpaired) electrons. The fourth-order valence-corrected chi connectivity index (χ4v) is 11.7. The van der Waals surface area contributed by atoms with Crippen LogP contribution in [0.1, 0.15) is 181 Å². The van der Waals surface area contributed by atoms with Crippen LogP contribution in [0.15, 0.2) is 78.9 Å². The molecule has 0 aromatic heterocycles. The van der Waals surface area contributed by atoms with Crippen LogP contribution in [0, 0.1) is 23.7 Å². The van der Waals surface area contributed by atoms with Gasteiger partial charge in [0.25, 0.3) is 17.7 Å². The molecule has 0 spiro atoms. The standard InChI is InChI=1S/C74H108N4O17/c1-46(2)39-59(76(15)67(81)64(44-53-25-29-56(30-26-53)58-33-37-89-38-34-58)94-72(86)62(42-49(7)8)78(17)73(87)95-74(11,12)13)69(83)91-50(9)65(79)75(14)61(41-48(5)6)71(85)93-63(43-52-23-27-55(28-24-52)57-31-35-88-36-32-57)66(80)77(16)60(40-47(3)4)70(84)92-51(10)68(82)90-45-54-21-19-18-20-22-54/h18-30,46-51,57-64H,31-45H2,1-17H3/t50-,51-,59+,60+,61+,62+,63-,64-/m1/s1. The Morgan fingerprint density at radius 1 is 0.421 bits per heavy atom. The zero-order chi connectivity index (χ0) is 70.4. The van der Waals surface area contributed by atoms with E-state index in [1.807, 2.05) is 110 Å². The molecule has 2 aliphatic rings. The van der Waals surface area contributed by atoms with Gasteiger partial charge in [0.05, 0.1) is 0 Å². The molecular formula is C74H108N4O17. The van der Waals surface area contributed by atoms with Crippen LogP contribution in [0.5, 0.6) is 0 Å². The molecule has 3 aromatic rings. The second kappa shape index (κ2) is 37.2. The average Bonchev–Trinajstić information content (AvgIpc) is 1.03. The molecule has 21 heteroatoms. The zero-order valence-corrected chi connectivity index (χ0v) is 59.4. The molecule has 2 fully saturated rings. The summed E-state index contributed by atoms with van der Waals surface area (Å²) in [5, 5.41) is 0. The van der Waals surface area contributed by atoms with Gasteiger partial charge in [-0.2, -0.15) is 0 Å². The van der Waals surface area contributed by atoms with Crippen LogP contribution in [0.25, 0.3) is 0 Å². The number of hydrogen-bond donors (Lipinski definition) is 0. The van der Waals surface area contributed by atoms with E-state index >= 15 is 9.59 Å². The van der Waals surface area contributed by atoms with E-state index in [9.17, 15) is 33.6 Å². The Balaban J connectivity index is 1.41. The number of nitrogens with zero attached hydrogens (tertiary/aromatic N) is 4. The Morgan fingerprint density at radius 3 is 1.12 bits per heavy atom. The molecule has 4 amide bonds. The maximum Gasteiger partial charge on any atom is 0.410 e. The van der Waals surface area contributed by atoms with Crippen molar-refractivity contribution in [2.75, 3.05) is 54.6 Å². The van der Waals surface area contributed by atoms with Gasteiger partial charge in [-0.1, -0.05) is 134 Å². The summed E-state index contributed by atoms with van der Waals surface area (Å²) in [6, 6.07) is 19.4. The molecule has 0 N–H and O–H groups in total. The molecule has 0 saturated carbocycles. The molecule has 0 bridgehead atoms. The van der Waals surface area contributed by atoms with Crippen LogP contribution in [-0.4, -0.2) is 182 Å². The van der Waals surface area contributed by atoms with Gasteiger partial charge in [0.1, 0.15) is 36.4 Å². The first-order valence-electron chi connectivity index (χ1n) is 33.9. The second-order valence-electron chi connectivity index (χ2n) is 28.3. The average molecular weight is 1330 g/mol. The summed E-state index contributed by atoms with van der Waals surface area (Å²) in [5.74, 6) is -6.75. The molecule has 21 nitrogen and oxygen atoms in total. The summed E-state index contributed by atoms with van der Waals surface area (Å²) < 4.78 is 46.4. The summed E-state index contributed by atoms with van der Waals surface area (Å²) >= 11 is 0.